The first-order valence-corrected chi connectivity index (χ1v) is 5.05. The molecule has 72 valence electrons. The first kappa shape index (κ1) is 10.0. The van der Waals surface area contributed by atoms with Gasteiger partial charge in [-0.3, -0.25) is 0 Å². The van der Waals surface area contributed by atoms with Gasteiger partial charge in [0.05, 0.1) is 5.60 Å². The molecule has 0 aliphatic heterocycles. The fourth-order valence-corrected chi connectivity index (χ4v) is 2.00. The van der Waals surface area contributed by atoms with Gasteiger partial charge in [-0.25, -0.2) is 0 Å². The number of nitrogens with two attached hydrogens (primary N) is 1. The smallest absolute Gasteiger partial charge is 0.0687 e. The van der Waals surface area contributed by atoms with E-state index in [9.17, 15) is 5.11 Å². The predicted octanol–water partition coefficient (Wildman–Crippen LogP) is 1.52. The van der Waals surface area contributed by atoms with Crippen molar-refractivity contribution < 1.29 is 5.11 Å². The summed E-state index contributed by atoms with van der Waals surface area (Å²) in [6.45, 7) is 4.72. The summed E-state index contributed by atoms with van der Waals surface area (Å²) in [7, 11) is 0. The molecule has 0 bridgehead atoms. The highest BCUT2D eigenvalue weighted by Gasteiger charge is 2.44. The van der Waals surface area contributed by atoms with Crippen molar-refractivity contribution in [1.82, 2.24) is 0 Å². The van der Waals surface area contributed by atoms with Crippen molar-refractivity contribution in [2.75, 3.05) is 6.54 Å². The van der Waals surface area contributed by atoms with Crippen LogP contribution in [0.15, 0.2) is 0 Å². The Morgan fingerprint density at radius 3 is 2.50 bits per heavy atom. The molecule has 12 heavy (non-hydrogen) atoms. The summed E-state index contributed by atoms with van der Waals surface area (Å²) in [5.74, 6) is 0.826. The molecule has 1 aliphatic rings. The maximum absolute atomic E-state index is 10.2. The van der Waals surface area contributed by atoms with E-state index >= 15 is 0 Å². The number of rotatable bonds is 5. The van der Waals surface area contributed by atoms with E-state index in [-0.39, 0.29) is 0 Å². The van der Waals surface area contributed by atoms with Crippen LogP contribution in [0.25, 0.3) is 0 Å². The van der Waals surface area contributed by atoms with Gasteiger partial charge in [0.1, 0.15) is 0 Å². The Morgan fingerprint density at radius 1 is 1.58 bits per heavy atom. The van der Waals surface area contributed by atoms with E-state index in [0.29, 0.717) is 18.4 Å². The van der Waals surface area contributed by atoms with Crippen molar-refractivity contribution in [1.29, 1.82) is 0 Å². The summed E-state index contributed by atoms with van der Waals surface area (Å²) in [6, 6.07) is 0. The SMILES string of the molecule is CCCC(CN)C(C)(O)C1CC1. The van der Waals surface area contributed by atoms with E-state index < -0.39 is 5.60 Å². The minimum absolute atomic E-state index is 0.301. The summed E-state index contributed by atoms with van der Waals surface area (Å²) < 4.78 is 0. The fourth-order valence-electron chi connectivity index (χ4n) is 2.00. The monoisotopic (exact) mass is 171 g/mol. The number of aliphatic hydroxyl groups is 1. The second-order valence-electron chi connectivity index (χ2n) is 4.22. The van der Waals surface area contributed by atoms with Gasteiger partial charge in [0, 0.05) is 0 Å². The third-order valence-electron chi connectivity index (χ3n) is 3.15. The maximum Gasteiger partial charge on any atom is 0.0687 e. The van der Waals surface area contributed by atoms with Crippen LogP contribution in [0.3, 0.4) is 0 Å². The van der Waals surface area contributed by atoms with Gasteiger partial charge in [-0.1, -0.05) is 13.3 Å². The zero-order valence-corrected chi connectivity index (χ0v) is 8.21. The molecule has 0 aromatic carbocycles. The molecule has 0 radical (unpaired) electrons. The van der Waals surface area contributed by atoms with Crippen LogP contribution < -0.4 is 5.73 Å². The fraction of sp³-hybridized carbons (Fsp3) is 1.00. The molecule has 1 fully saturated rings. The van der Waals surface area contributed by atoms with E-state index in [1.807, 2.05) is 6.92 Å². The first-order valence-electron chi connectivity index (χ1n) is 5.05. The van der Waals surface area contributed by atoms with Gasteiger partial charge in [0.15, 0.2) is 0 Å². The lowest BCUT2D eigenvalue weighted by Gasteiger charge is -2.32. The topological polar surface area (TPSA) is 46.2 Å². The van der Waals surface area contributed by atoms with Crippen molar-refractivity contribution in [2.24, 2.45) is 17.6 Å². The highest BCUT2D eigenvalue weighted by Crippen LogP contribution is 2.44. The molecule has 1 rings (SSSR count). The normalized spacial score (nSPS) is 25.0. The minimum Gasteiger partial charge on any atom is -0.390 e. The van der Waals surface area contributed by atoms with Crippen molar-refractivity contribution in [3.63, 3.8) is 0 Å². The molecule has 0 spiro atoms. The zero-order valence-electron chi connectivity index (χ0n) is 8.21. The molecule has 0 aromatic heterocycles. The summed E-state index contributed by atoms with van der Waals surface area (Å²) in [5, 5.41) is 10.2. The van der Waals surface area contributed by atoms with Crippen LogP contribution in [0.5, 0.6) is 0 Å². The summed E-state index contributed by atoms with van der Waals surface area (Å²) in [4.78, 5) is 0. The number of hydrogen-bond donors (Lipinski definition) is 2. The highest BCUT2D eigenvalue weighted by atomic mass is 16.3. The number of hydrogen-bond acceptors (Lipinski definition) is 2. The Hall–Kier alpha value is -0.0800. The zero-order chi connectivity index (χ0) is 9.19. The van der Waals surface area contributed by atoms with Crippen molar-refractivity contribution in [2.45, 2.75) is 45.1 Å². The van der Waals surface area contributed by atoms with Crippen LogP contribution in [0.2, 0.25) is 0 Å². The van der Waals surface area contributed by atoms with Crippen molar-refractivity contribution in [3.8, 4) is 0 Å². The molecule has 1 aliphatic carbocycles. The Morgan fingerprint density at radius 2 is 2.17 bits per heavy atom. The molecule has 2 heteroatoms. The van der Waals surface area contributed by atoms with Gasteiger partial charge in [-0.05, 0) is 44.6 Å². The van der Waals surface area contributed by atoms with E-state index in [2.05, 4.69) is 6.92 Å². The molecule has 1 saturated carbocycles. The van der Waals surface area contributed by atoms with Crippen molar-refractivity contribution >= 4 is 0 Å². The van der Waals surface area contributed by atoms with E-state index in [0.717, 1.165) is 12.8 Å². The Bertz CT molecular complexity index is 141. The minimum atomic E-state index is -0.495. The molecule has 0 amide bonds. The average Bonchev–Trinajstić information content (AvgIpc) is 2.81. The van der Waals surface area contributed by atoms with Crippen molar-refractivity contribution in [3.05, 3.63) is 0 Å². The summed E-state index contributed by atoms with van der Waals surface area (Å²) in [6.07, 6.45) is 4.55. The quantitative estimate of drug-likeness (QED) is 0.659. The lowest BCUT2D eigenvalue weighted by molar-refractivity contribution is -0.0220. The second kappa shape index (κ2) is 3.75. The van der Waals surface area contributed by atoms with E-state index in [1.165, 1.54) is 12.8 Å². The molecule has 0 saturated heterocycles. The van der Waals surface area contributed by atoms with Crippen LogP contribution >= 0.6 is 0 Å². The molecular formula is C10H21NO. The predicted molar refractivity (Wildman–Crippen MR) is 50.8 cm³/mol. The highest BCUT2D eigenvalue weighted by molar-refractivity contribution is 4.96. The summed E-state index contributed by atoms with van der Waals surface area (Å²) >= 11 is 0. The van der Waals surface area contributed by atoms with Gasteiger partial charge in [-0.2, -0.15) is 0 Å². The van der Waals surface area contributed by atoms with Crippen LogP contribution in [0.4, 0.5) is 0 Å². The van der Waals surface area contributed by atoms with E-state index in [1.54, 1.807) is 0 Å². The van der Waals surface area contributed by atoms with Crippen LogP contribution in [-0.2, 0) is 0 Å². The Labute approximate surface area is 75.2 Å². The Balaban J connectivity index is 2.49. The van der Waals surface area contributed by atoms with Crippen LogP contribution in [0.1, 0.15) is 39.5 Å². The van der Waals surface area contributed by atoms with E-state index in [4.69, 9.17) is 5.73 Å². The van der Waals surface area contributed by atoms with Gasteiger partial charge < -0.3 is 10.8 Å². The van der Waals surface area contributed by atoms with Gasteiger partial charge in [0.25, 0.3) is 0 Å². The second-order valence-corrected chi connectivity index (χ2v) is 4.22. The lowest BCUT2D eigenvalue weighted by Crippen LogP contribution is -2.41. The lowest BCUT2D eigenvalue weighted by atomic mass is 9.82. The molecular weight excluding hydrogens is 150 g/mol. The standard InChI is InChI=1S/C10H21NO/c1-3-4-9(7-11)10(2,12)8-5-6-8/h8-9,12H,3-7,11H2,1-2H3. The molecule has 2 atom stereocenters. The molecule has 3 N–H and O–H groups in total. The third kappa shape index (κ3) is 1.99. The Kier molecular flexibility index (Phi) is 3.13. The molecule has 0 aromatic rings. The van der Waals surface area contributed by atoms with Crippen LogP contribution in [-0.4, -0.2) is 17.3 Å². The molecule has 0 heterocycles. The third-order valence-corrected chi connectivity index (χ3v) is 3.15. The average molecular weight is 171 g/mol. The first-order chi connectivity index (χ1) is 5.62. The summed E-state index contributed by atoms with van der Waals surface area (Å²) in [5.41, 5.74) is 5.16. The molecule has 2 nitrogen and oxygen atoms in total. The maximum atomic E-state index is 10.2. The van der Waals surface area contributed by atoms with Gasteiger partial charge in [0.2, 0.25) is 0 Å². The van der Waals surface area contributed by atoms with Crippen LogP contribution in [0, 0.1) is 11.8 Å². The largest absolute Gasteiger partial charge is 0.390 e. The van der Waals surface area contributed by atoms with Gasteiger partial charge >= 0.3 is 0 Å². The van der Waals surface area contributed by atoms with Gasteiger partial charge in [-0.15, -0.1) is 0 Å². The molecule has 2 unspecified atom stereocenters.